The second-order valence-electron chi connectivity index (χ2n) is 4.50. The van der Waals surface area contributed by atoms with Crippen molar-refractivity contribution in [1.82, 2.24) is 13.9 Å². The summed E-state index contributed by atoms with van der Waals surface area (Å²) >= 11 is 0. The molecule has 0 aromatic rings. The van der Waals surface area contributed by atoms with Gasteiger partial charge in [-0.25, -0.2) is 0 Å². The summed E-state index contributed by atoms with van der Waals surface area (Å²) in [4.78, 5) is 23.0. The zero-order valence-corrected chi connectivity index (χ0v) is 11.8. The maximum absolute atomic E-state index is 12.3. The predicted molar refractivity (Wildman–Crippen MR) is 65.8 cm³/mol. The fourth-order valence-electron chi connectivity index (χ4n) is 1.71. The molecule has 1 atom stereocenters. The van der Waals surface area contributed by atoms with Crippen LogP contribution in [-0.2, 0) is 19.8 Å². The summed E-state index contributed by atoms with van der Waals surface area (Å²) in [5.74, 6) is -1.15. The van der Waals surface area contributed by atoms with Gasteiger partial charge in [-0.2, -0.15) is 17.0 Å². The number of piperazine rings is 1. The Hall–Kier alpha value is -0.990. The molecule has 0 aromatic heterocycles. The lowest BCUT2D eigenvalue weighted by Crippen LogP contribution is -2.62. The molecule has 0 aliphatic carbocycles. The van der Waals surface area contributed by atoms with Gasteiger partial charge < -0.3 is 0 Å². The lowest BCUT2D eigenvalue weighted by atomic mass is 10.2. The third-order valence-electron chi connectivity index (χ3n) is 2.99. The third kappa shape index (κ3) is 2.70. The van der Waals surface area contributed by atoms with Crippen LogP contribution < -0.4 is 5.32 Å². The summed E-state index contributed by atoms with van der Waals surface area (Å²) in [6, 6.07) is -1.07. The number of imide groups is 1. The lowest BCUT2D eigenvalue weighted by Gasteiger charge is -2.36. The summed E-state index contributed by atoms with van der Waals surface area (Å²) in [6.07, 6.45) is 0.324. The van der Waals surface area contributed by atoms with E-state index in [9.17, 15) is 18.0 Å². The fourth-order valence-corrected chi connectivity index (χ4v) is 3.42. The van der Waals surface area contributed by atoms with Crippen LogP contribution in [0.3, 0.4) is 0 Å². The molecular formula is C10H19N3O4S. The van der Waals surface area contributed by atoms with Gasteiger partial charge in [0.25, 0.3) is 10.2 Å². The quantitative estimate of drug-likeness (QED) is 0.689. The van der Waals surface area contributed by atoms with E-state index in [1.54, 1.807) is 20.8 Å². The smallest absolute Gasteiger partial charge is 0.283 e. The van der Waals surface area contributed by atoms with Crippen LogP contribution in [0.25, 0.3) is 0 Å². The number of nitrogens with one attached hydrogen (secondary N) is 1. The molecule has 0 bridgehead atoms. The molecule has 7 nitrogen and oxygen atoms in total. The Bertz CT molecular complexity index is 446. The summed E-state index contributed by atoms with van der Waals surface area (Å²) < 4.78 is 26.7. The van der Waals surface area contributed by atoms with Crippen molar-refractivity contribution in [2.75, 3.05) is 13.6 Å². The minimum Gasteiger partial charge on any atom is -0.294 e. The second kappa shape index (κ2) is 5.33. The van der Waals surface area contributed by atoms with Crippen molar-refractivity contribution in [3.05, 3.63) is 0 Å². The van der Waals surface area contributed by atoms with E-state index in [2.05, 4.69) is 5.32 Å². The van der Waals surface area contributed by atoms with E-state index >= 15 is 0 Å². The average Bonchev–Trinajstić information content (AvgIpc) is 2.26. The average molecular weight is 277 g/mol. The predicted octanol–water partition coefficient (Wildman–Crippen LogP) is -0.692. The lowest BCUT2D eigenvalue weighted by molar-refractivity contribution is -0.137. The molecule has 1 heterocycles. The van der Waals surface area contributed by atoms with Crippen molar-refractivity contribution in [2.24, 2.45) is 0 Å². The molecule has 1 aliphatic rings. The Morgan fingerprint density at radius 2 is 2.00 bits per heavy atom. The number of rotatable bonds is 4. The van der Waals surface area contributed by atoms with Gasteiger partial charge in [0.2, 0.25) is 11.8 Å². The first-order valence-corrected chi connectivity index (χ1v) is 7.20. The molecule has 0 aromatic carbocycles. The summed E-state index contributed by atoms with van der Waals surface area (Å²) in [5.41, 5.74) is 0. The molecule has 1 fully saturated rings. The van der Waals surface area contributed by atoms with Crippen LogP contribution >= 0.6 is 0 Å². The van der Waals surface area contributed by atoms with E-state index in [0.29, 0.717) is 6.42 Å². The number of carbonyl (C=O) groups excluding carboxylic acids is 2. The summed E-state index contributed by atoms with van der Waals surface area (Å²) in [5, 5.41) is 2.15. The maximum atomic E-state index is 12.3. The van der Waals surface area contributed by atoms with Gasteiger partial charge in [-0.3, -0.25) is 14.9 Å². The highest BCUT2D eigenvalue weighted by molar-refractivity contribution is 7.86. The number of hydrogen-bond acceptors (Lipinski definition) is 4. The van der Waals surface area contributed by atoms with Crippen molar-refractivity contribution in [2.45, 2.75) is 39.3 Å². The van der Waals surface area contributed by atoms with Crippen LogP contribution in [-0.4, -0.2) is 54.5 Å². The van der Waals surface area contributed by atoms with Crippen molar-refractivity contribution < 1.29 is 18.0 Å². The van der Waals surface area contributed by atoms with Crippen LogP contribution in [0, 0.1) is 0 Å². The minimum atomic E-state index is -3.80. The highest BCUT2D eigenvalue weighted by Gasteiger charge is 2.42. The first kappa shape index (κ1) is 15.1. The number of nitrogens with zero attached hydrogens (tertiary/aromatic N) is 2. The van der Waals surface area contributed by atoms with E-state index in [1.807, 2.05) is 0 Å². The Morgan fingerprint density at radius 1 is 1.44 bits per heavy atom. The van der Waals surface area contributed by atoms with Gasteiger partial charge in [-0.05, 0) is 20.3 Å². The van der Waals surface area contributed by atoms with Crippen LogP contribution in [0.15, 0.2) is 0 Å². The van der Waals surface area contributed by atoms with Crippen molar-refractivity contribution >= 4 is 22.0 Å². The highest BCUT2D eigenvalue weighted by atomic mass is 32.2. The van der Waals surface area contributed by atoms with Crippen molar-refractivity contribution in [3.8, 4) is 0 Å². The number of amides is 2. The Morgan fingerprint density at radius 3 is 2.44 bits per heavy atom. The Kier molecular flexibility index (Phi) is 4.46. The van der Waals surface area contributed by atoms with Gasteiger partial charge in [0.05, 0.1) is 6.54 Å². The molecule has 1 aliphatic heterocycles. The van der Waals surface area contributed by atoms with Gasteiger partial charge in [-0.15, -0.1) is 0 Å². The number of carbonyl (C=O) groups is 2. The minimum absolute atomic E-state index is 0.243. The van der Waals surface area contributed by atoms with Crippen LogP contribution in [0.5, 0.6) is 0 Å². The van der Waals surface area contributed by atoms with Crippen LogP contribution in [0.1, 0.15) is 27.2 Å². The zero-order valence-electron chi connectivity index (χ0n) is 11.0. The van der Waals surface area contributed by atoms with Crippen molar-refractivity contribution in [3.63, 3.8) is 0 Å². The molecule has 0 saturated carbocycles. The molecular weight excluding hydrogens is 258 g/mol. The Balaban J connectivity index is 3.11. The van der Waals surface area contributed by atoms with E-state index in [1.165, 1.54) is 7.05 Å². The molecule has 8 heteroatoms. The first-order valence-electron chi connectivity index (χ1n) is 5.80. The highest BCUT2D eigenvalue weighted by Crippen LogP contribution is 2.18. The largest absolute Gasteiger partial charge is 0.294 e. The monoisotopic (exact) mass is 277 g/mol. The standard InChI is InChI=1S/C10H19N3O4S/c1-5-8-10(15)11-9(14)6-13(8)18(16,17)12(4)7(2)3/h7-8H,5-6H2,1-4H3,(H,11,14,15). The SMILES string of the molecule is CCC1C(=O)NC(=O)CN1S(=O)(=O)N(C)C(C)C. The van der Waals surface area contributed by atoms with Gasteiger partial charge in [0, 0.05) is 13.1 Å². The molecule has 104 valence electrons. The molecule has 1 N–H and O–H groups in total. The molecule has 1 rings (SSSR count). The Labute approximate surface area is 107 Å². The number of hydrogen-bond donors (Lipinski definition) is 1. The summed E-state index contributed by atoms with van der Waals surface area (Å²) in [7, 11) is -2.37. The van der Waals surface area contributed by atoms with Gasteiger partial charge >= 0.3 is 0 Å². The zero-order chi connectivity index (χ0) is 14.1. The molecule has 1 unspecified atom stereocenters. The van der Waals surface area contributed by atoms with E-state index in [4.69, 9.17) is 0 Å². The molecule has 0 radical (unpaired) electrons. The first-order chi connectivity index (χ1) is 8.21. The van der Waals surface area contributed by atoms with Gasteiger partial charge in [0.15, 0.2) is 0 Å². The fraction of sp³-hybridized carbons (Fsp3) is 0.800. The molecule has 0 spiro atoms. The maximum Gasteiger partial charge on any atom is 0.283 e. The van der Waals surface area contributed by atoms with Crippen LogP contribution in [0.4, 0.5) is 0 Å². The second-order valence-corrected chi connectivity index (χ2v) is 6.44. The van der Waals surface area contributed by atoms with Crippen LogP contribution in [0.2, 0.25) is 0 Å². The normalized spacial score (nSPS) is 22.7. The van der Waals surface area contributed by atoms with Crippen molar-refractivity contribution in [1.29, 1.82) is 0 Å². The summed E-state index contributed by atoms with van der Waals surface area (Å²) in [6.45, 7) is 4.84. The van der Waals surface area contributed by atoms with E-state index in [0.717, 1.165) is 8.61 Å². The topological polar surface area (TPSA) is 86.8 Å². The van der Waals surface area contributed by atoms with Gasteiger partial charge in [-0.1, -0.05) is 6.92 Å². The van der Waals surface area contributed by atoms with E-state index in [-0.39, 0.29) is 12.6 Å². The molecule has 18 heavy (non-hydrogen) atoms. The third-order valence-corrected chi connectivity index (χ3v) is 5.11. The molecule has 1 saturated heterocycles. The molecule has 2 amide bonds. The van der Waals surface area contributed by atoms with Gasteiger partial charge in [0.1, 0.15) is 6.04 Å². The van der Waals surface area contributed by atoms with E-state index < -0.39 is 28.1 Å².